The molecule has 0 aliphatic carbocycles. The van der Waals surface area contributed by atoms with E-state index in [1.54, 1.807) is 19.2 Å². The average molecular weight is 487 g/mol. The lowest BCUT2D eigenvalue weighted by atomic mass is 10.0. The molecule has 150 valence electrons. The second kappa shape index (κ2) is 13.2. The molecule has 0 aliphatic rings. The van der Waals surface area contributed by atoms with Crippen molar-refractivity contribution in [3.05, 3.63) is 35.4 Å². The van der Waals surface area contributed by atoms with Crippen molar-refractivity contribution >= 4 is 29.9 Å². The summed E-state index contributed by atoms with van der Waals surface area (Å²) in [5, 5.41) is 6.54. The van der Waals surface area contributed by atoms with Gasteiger partial charge in [-0.1, -0.05) is 51.0 Å². The Morgan fingerprint density at radius 2 is 1.65 bits per heavy atom. The summed E-state index contributed by atoms with van der Waals surface area (Å²) in [6, 6.07) is 7.28. The van der Waals surface area contributed by atoms with Crippen molar-refractivity contribution in [2.24, 2.45) is 10.9 Å². The van der Waals surface area contributed by atoms with Gasteiger partial charge >= 0.3 is 6.18 Å². The molecule has 8 heteroatoms. The van der Waals surface area contributed by atoms with Gasteiger partial charge in [0.1, 0.15) is 6.61 Å². The number of benzene rings is 1. The lowest BCUT2D eigenvalue weighted by Gasteiger charge is -2.16. The second-order valence-corrected chi connectivity index (χ2v) is 5.91. The molecule has 1 aromatic rings. The molecule has 0 bridgehead atoms. The Morgan fingerprint density at radius 3 is 2.15 bits per heavy atom. The van der Waals surface area contributed by atoms with E-state index in [9.17, 15) is 13.2 Å². The molecular weight excluding hydrogens is 458 g/mol. The quantitative estimate of drug-likeness (QED) is 0.307. The number of nitrogens with one attached hydrogen (secondary N) is 2. The Morgan fingerprint density at radius 1 is 1.08 bits per heavy atom. The zero-order valence-electron chi connectivity index (χ0n) is 15.5. The Bertz CT molecular complexity index is 517. The van der Waals surface area contributed by atoms with Crippen LogP contribution in [0, 0.1) is 5.92 Å². The summed E-state index contributed by atoms with van der Waals surface area (Å²) < 4.78 is 40.8. The molecule has 0 amide bonds. The van der Waals surface area contributed by atoms with Gasteiger partial charge in [-0.2, -0.15) is 13.2 Å². The monoisotopic (exact) mass is 487 g/mol. The highest BCUT2D eigenvalue weighted by molar-refractivity contribution is 14.0. The molecule has 0 aliphatic heterocycles. The molecule has 26 heavy (non-hydrogen) atoms. The van der Waals surface area contributed by atoms with Crippen LogP contribution in [0.25, 0.3) is 0 Å². The lowest BCUT2D eigenvalue weighted by Crippen LogP contribution is -2.39. The van der Waals surface area contributed by atoms with Crippen LogP contribution in [0.4, 0.5) is 13.2 Å². The van der Waals surface area contributed by atoms with Crippen LogP contribution in [0.1, 0.15) is 37.8 Å². The highest BCUT2D eigenvalue weighted by Gasteiger charge is 2.27. The number of nitrogens with zero attached hydrogens (tertiary/aromatic N) is 1. The molecule has 4 nitrogen and oxygen atoms in total. The van der Waals surface area contributed by atoms with E-state index >= 15 is 0 Å². The number of alkyl halides is 3. The van der Waals surface area contributed by atoms with Gasteiger partial charge in [-0.3, -0.25) is 4.99 Å². The summed E-state index contributed by atoms with van der Waals surface area (Å²) in [7, 11) is 1.73. The number of rotatable bonds is 9. The fourth-order valence-electron chi connectivity index (χ4n) is 2.26. The second-order valence-electron chi connectivity index (χ2n) is 5.91. The maximum Gasteiger partial charge on any atom is 0.411 e. The van der Waals surface area contributed by atoms with E-state index in [4.69, 9.17) is 0 Å². The normalized spacial score (nSPS) is 12.0. The Hall–Kier alpha value is -1.03. The van der Waals surface area contributed by atoms with Crippen molar-refractivity contribution < 1.29 is 17.9 Å². The first-order valence-corrected chi connectivity index (χ1v) is 8.54. The smallest absolute Gasteiger partial charge is 0.367 e. The fourth-order valence-corrected chi connectivity index (χ4v) is 2.26. The van der Waals surface area contributed by atoms with Gasteiger partial charge in [-0.15, -0.1) is 24.0 Å². The molecule has 0 atom stereocenters. The highest BCUT2D eigenvalue weighted by Crippen LogP contribution is 2.15. The predicted molar refractivity (Wildman–Crippen MR) is 110 cm³/mol. The zero-order valence-corrected chi connectivity index (χ0v) is 17.9. The molecule has 0 saturated heterocycles. The Kier molecular flexibility index (Phi) is 12.7. The Labute approximate surface area is 171 Å². The van der Waals surface area contributed by atoms with Crippen molar-refractivity contribution in [2.75, 3.05) is 20.2 Å². The maximum absolute atomic E-state index is 12.0. The number of halogens is 4. The van der Waals surface area contributed by atoms with Crippen molar-refractivity contribution in [2.45, 2.75) is 46.0 Å². The van der Waals surface area contributed by atoms with Gasteiger partial charge in [-0.25, -0.2) is 0 Å². The minimum absolute atomic E-state index is 0. The first-order valence-electron chi connectivity index (χ1n) is 8.54. The number of ether oxygens (including phenoxy) is 1. The highest BCUT2D eigenvalue weighted by atomic mass is 127. The van der Waals surface area contributed by atoms with Crippen molar-refractivity contribution in [1.82, 2.24) is 10.6 Å². The van der Waals surface area contributed by atoms with Crippen LogP contribution in [0.15, 0.2) is 29.3 Å². The van der Waals surface area contributed by atoms with E-state index < -0.39 is 12.8 Å². The number of hydrogen-bond acceptors (Lipinski definition) is 2. The van der Waals surface area contributed by atoms with E-state index in [0.29, 0.717) is 18.0 Å². The van der Waals surface area contributed by atoms with Crippen LogP contribution in [0.5, 0.6) is 0 Å². The number of hydrogen-bond donors (Lipinski definition) is 2. The summed E-state index contributed by atoms with van der Waals surface area (Å²) in [5.74, 6) is 1.36. The molecule has 0 spiro atoms. The van der Waals surface area contributed by atoms with Gasteiger partial charge in [0, 0.05) is 20.1 Å². The van der Waals surface area contributed by atoms with Crippen molar-refractivity contribution in [3.8, 4) is 0 Å². The van der Waals surface area contributed by atoms with E-state index in [1.807, 2.05) is 12.1 Å². The average Bonchev–Trinajstić information content (AvgIpc) is 2.58. The zero-order chi connectivity index (χ0) is 18.7. The number of guanidine groups is 1. The molecule has 1 aromatic carbocycles. The third kappa shape index (κ3) is 10.8. The molecule has 0 aromatic heterocycles. The molecule has 0 saturated carbocycles. The minimum Gasteiger partial charge on any atom is -0.367 e. The van der Waals surface area contributed by atoms with Crippen LogP contribution in [0.3, 0.4) is 0 Å². The van der Waals surface area contributed by atoms with E-state index in [1.165, 1.54) is 0 Å². The molecule has 0 heterocycles. The standard InChI is InChI=1S/C18H28F3N3O.HI/c1-4-14(5-2)10-23-17(22-3)24-11-15-6-8-16(9-7-15)12-25-13-18(19,20)21;/h6-9,14H,4-5,10-13H2,1-3H3,(H2,22,23,24);1H. The van der Waals surface area contributed by atoms with E-state index in [-0.39, 0.29) is 30.6 Å². The summed E-state index contributed by atoms with van der Waals surface area (Å²) in [5.41, 5.74) is 1.73. The van der Waals surface area contributed by atoms with Crippen LogP contribution in [0.2, 0.25) is 0 Å². The minimum atomic E-state index is -4.29. The predicted octanol–water partition coefficient (Wildman–Crippen LogP) is 4.48. The molecule has 0 unspecified atom stereocenters. The van der Waals surface area contributed by atoms with Crippen LogP contribution >= 0.6 is 24.0 Å². The molecule has 0 fully saturated rings. The molecule has 0 radical (unpaired) electrons. The summed E-state index contributed by atoms with van der Waals surface area (Å²) in [6.45, 7) is 4.53. The van der Waals surface area contributed by atoms with Gasteiger partial charge in [0.2, 0.25) is 0 Å². The molecule has 2 N–H and O–H groups in total. The van der Waals surface area contributed by atoms with Gasteiger partial charge in [-0.05, 0) is 17.0 Å². The number of aliphatic imine (C=N–C) groups is 1. The van der Waals surface area contributed by atoms with Crippen molar-refractivity contribution in [3.63, 3.8) is 0 Å². The SMILES string of the molecule is CCC(CC)CNC(=NC)NCc1ccc(COCC(F)(F)F)cc1.I. The first-order chi connectivity index (χ1) is 11.9. The van der Waals surface area contributed by atoms with Gasteiger partial charge in [0.05, 0.1) is 6.61 Å². The maximum atomic E-state index is 12.0. The third-order valence-electron chi connectivity index (χ3n) is 3.95. The van der Waals surface area contributed by atoms with Gasteiger partial charge < -0.3 is 15.4 Å². The van der Waals surface area contributed by atoms with Crippen LogP contribution in [-0.4, -0.2) is 32.3 Å². The Balaban J connectivity index is 0.00000625. The summed E-state index contributed by atoms with van der Waals surface area (Å²) in [6.07, 6.45) is -2.04. The van der Waals surface area contributed by atoms with Crippen molar-refractivity contribution in [1.29, 1.82) is 0 Å². The first kappa shape index (κ1) is 25.0. The van der Waals surface area contributed by atoms with Crippen LogP contribution in [-0.2, 0) is 17.9 Å². The largest absolute Gasteiger partial charge is 0.411 e. The van der Waals surface area contributed by atoms with Crippen LogP contribution < -0.4 is 10.6 Å². The topological polar surface area (TPSA) is 45.7 Å². The fraction of sp³-hybridized carbons (Fsp3) is 0.611. The summed E-state index contributed by atoms with van der Waals surface area (Å²) in [4.78, 5) is 4.19. The third-order valence-corrected chi connectivity index (χ3v) is 3.95. The summed E-state index contributed by atoms with van der Waals surface area (Å²) >= 11 is 0. The lowest BCUT2D eigenvalue weighted by molar-refractivity contribution is -0.176. The molecule has 1 rings (SSSR count). The van der Waals surface area contributed by atoms with E-state index in [2.05, 4.69) is 34.2 Å². The van der Waals surface area contributed by atoms with Gasteiger partial charge in [0.25, 0.3) is 0 Å². The molecular formula is C18H29F3IN3O. The van der Waals surface area contributed by atoms with E-state index in [0.717, 1.165) is 30.9 Å². The van der Waals surface area contributed by atoms with Gasteiger partial charge in [0.15, 0.2) is 5.96 Å².